The molecule has 0 fully saturated rings. The maximum absolute atomic E-state index is 11.8. The van der Waals surface area contributed by atoms with E-state index >= 15 is 0 Å². The summed E-state index contributed by atoms with van der Waals surface area (Å²) in [6.45, 7) is 0. The van der Waals surface area contributed by atoms with Crippen molar-refractivity contribution in [1.29, 1.82) is 0 Å². The zero-order valence-electron chi connectivity index (χ0n) is 16.2. The molecule has 0 saturated carbocycles. The van der Waals surface area contributed by atoms with Crippen LogP contribution in [0.5, 0.6) is 0 Å². The minimum absolute atomic E-state index is 0.0715. The van der Waals surface area contributed by atoms with Crippen molar-refractivity contribution < 1.29 is 39.6 Å². The molecule has 0 saturated heterocycles. The van der Waals surface area contributed by atoms with Crippen LogP contribution >= 0.6 is 0 Å². The maximum Gasteiger partial charge on any atom is 0.336 e. The molecule has 3 aromatic rings. The molecule has 0 amide bonds. The molecule has 0 spiro atoms. The van der Waals surface area contributed by atoms with E-state index < -0.39 is 35.7 Å². The van der Waals surface area contributed by atoms with Crippen molar-refractivity contribution in [3.8, 4) is 0 Å². The van der Waals surface area contributed by atoms with Crippen LogP contribution in [0.1, 0.15) is 86.6 Å². The fourth-order valence-corrected chi connectivity index (χ4v) is 4.93. The fourth-order valence-electron chi connectivity index (χ4n) is 4.93. The average molecular weight is 430 g/mol. The molecule has 2 unspecified atom stereocenters. The van der Waals surface area contributed by atoms with Crippen LogP contribution in [0.4, 0.5) is 0 Å². The Morgan fingerprint density at radius 2 is 0.812 bits per heavy atom. The Labute approximate surface area is 180 Å². The number of hydrogen-bond donors (Lipinski definition) is 4. The Balaban J connectivity index is 1.86. The van der Waals surface area contributed by atoms with Crippen LogP contribution in [0.25, 0.3) is 0 Å². The SMILES string of the molecule is O=C(O)c1ccc2c(c1)C1c3ccc(C(=O)O)cc3C2c2cc(C(=O)O)c(C(=O)O)cc21. The zero-order chi connectivity index (χ0) is 22.9. The van der Waals surface area contributed by atoms with Gasteiger partial charge in [0.1, 0.15) is 0 Å². The third-order valence-corrected chi connectivity index (χ3v) is 6.22. The summed E-state index contributed by atoms with van der Waals surface area (Å²) in [4.78, 5) is 46.6. The molecule has 0 heterocycles. The molecule has 32 heavy (non-hydrogen) atoms. The van der Waals surface area contributed by atoms with Crippen molar-refractivity contribution in [1.82, 2.24) is 0 Å². The van der Waals surface area contributed by atoms with Gasteiger partial charge in [-0.25, -0.2) is 19.2 Å². The Hall–Kier alpha value is -4.46. The molecule has 3 aromatic carbocycles. The highest BCUT2D eigenvalue weighted by atomic mass is 16.4. The van der Waals surface area contributed by atoms with Gasteiger partial charge in [-0.15, -0.1) is 0 Å². The lowest BCUT2D eigenvalue weighted by Crippen LogP contribution is -2.29. The second-order valence-electron chi connectivity index (χ2n) is 7.80. The first kappa shape index (κ1) is 19.5. The molecule has 4 N–H and O–H groups in total. The normalized spacial score (nSPS) is 17.1. The Kier molecular flexibility index (Phi) is 3.97. The summed E-state index contributed by atoms with van der Waals surface area (Å²) >= 11 is 0. The maximum atomic E-state index is 11.8. The monoisotopic (exact) mass is 430 g/mol. The summed E-state index contributed by atoms with van der Waals surface area (Å²) < 4.78 is 0. The van der Waals surface area contributed by atoms with E-state index in [4.69, 9.17) is 0 Å². The summed E-state index contributed by atoms with van der Waals surface area (Å²) in [7, 11) is 0. The van der Waals surface area contributed by atoms with Crippen molar-refractivity contribution in [3.63, 3.8) is 0 Å². The van der Waals surface area contributed by atoms with Crippen LogP contribution in [0.3, 0.4) is 0 Å². The summed E-state index contributed by atoms with van der Waals surface area (Å²) in [5.41, 5.74) is 3.40. The molecule has 0 radical (unpaired) electrons. The van der Waals surface area contributed by atoms with Crippen LogP contribution in [0.15, 0.2) is 48.5 Å². The van der Waals surface area contributed by atoms with Crippen molar-refractivity contribution >= 4 is 23.9 Å². The van der Waals surface area contributed by atoms with Gasteiger partial charge in [-0.1, -0.05) is 12.1 Å². The van der Waals surface area contributed by atoms with E-state index in [1.807, 2.05) is 0 Å². The second kappa shape index (κ2) is 6.52. The Morgan fingerprint density at radius 3 is 1.12 bits per heavy atom. The highest BCUT2D eigenvalue weighted by Crippen LogP contribution is 2.56. The second-order valence-corrected chi connectivity index (χ2v) is 7.80. The summed E-state index contributed by atoms with van der Waals surface area (Å²) in [5, 5.41) is 38.1. The van der Waals surface area contributed by atoms with E-state index in [2.05, 4.69) is 0 Å². The number of carbonyl (C=O) groups is 4. The number of carboxylic acid groups (broad SMARTS) is 4. The standard InChI is InChI=1S/C24H14O8/c25-21(26)9-1-3-11-13(5-9)20-12-4-2-10(22(27)28)6-14(12)19(11)15-7-17(23(29)30)18(24(31)32)8-16(15)20/h1-8,19-20H,(H,25,26)(H,27,28)(H,29,30)(H,31,32). The average Bonchev–Trinajstić information content (AvgIpc) is 2.76. The van der Waals surface area contributed by atoms with E-state index in [9.17, 15) is 39.6 Å². The molecule has 3 aliphatic carbocycles. The van der Waals surface area contributed by atoms with Gasteiger partial charge in [0, 0.05) is 11.8 Å². The van der Waals surface area contributed by atoms with Crippen LogP contribution in [-0.2, 0) is 0 Å². The van der Waals surface area contributed by atoms with Gasteiger partial charge in [-0.05, 0) is 69.8 Å². The van der Waals surface area contributed by atoms with Gasteiger partial charge in [-0.3, -0.25) is 0 Å². The molecular weight excluding hydrogens is 416 g/mol. The molecule has 158 valence electrons. The molecule has 8 heteroatoms. The Morgan fingerprint density at radius 1 is 0.469 bits per heavy atom. The summed E-state index contributed by atoms with van der Waals surface area (Å²) in [6.07, 6.45) is 0. The van der Waals surface area contributed by atoms with Gasteiger partial charge >= 0.3 is 23.9 Å². The van der Waals surface area contributed by atoms with Crippen LogP contribution in [-0.4, -0.2) is 44.3 Å². The molecule has 0 aliphatic heterocycles. The van der Waals surface area contributed by atoms with E-state index in [1.165, 1.54) is 36.4 Å². The molecule has 2 bridgehead atoms. The van der Waals surface area contributed by atoms with E-state index in [-0.39, 0.29) is 22.3 Å². The van der Waals surface area contributed by atoms with Gasteiger partial charge in [-0.2, -0.15) is 0 Å². The zero-order valence-corrected chi connectivity index (χ0v) is 16.2. The first-order valence-electron chi connectivity index (χ1n) is 9.57. The molecular formula is C24H14O8. The van der Waals surface area contributed by atoms with Gasteiger partial charge in [0.15, 0.2) is 0 Å². The lowest BCUT2D eigenvalue weighted by atomic mass is 9.60. The fraction of sp³-hybridized carbons (Fsp3) is 0.0833. The molecule has 6 rings (SSSR count). The van der Waals surface area contributed by atoms with Crippen molar-refractivity contribution in [2.75, 3.05) is 0 Å². The largest absolute Gasteiger partial charge is 0.478 e. The highest BCUT2D eigenvalue weighted by molar-refractivity contribution is 6.02. The summed E-state index contributed by atoms with van der Waals surface area (Å²) in [5.74, 6) is -6.09. The Bertz CT molecular complexity index is 1290. The molecule has 0 aromatic heterocycles. The molecule has 3 aliphatic rings. The third-order valence-electron chi connectivity index (χ3n) is 6.22. The number of hydrogen-bond acceptors (Lipinski definition) is 4. The van der Waals surface area contributed by atoms with Crippen LogP contribution in [0.2, 0.25) is 0 Å². The number of benzene rings is 3. The quantitative estimate of drug-likeness (QED) is 0.339. The minimum atomic E-state index is -1.38. The number of aromatic carboxylic acids is 4. The first-order chi connectivity index (χ1) is 15.2. The van der Waals surface area contributed by atoms with E-state index in [1.54, 1.807) is 12.1 Å². The molecule has 8 nitrogen and oxygen atoms in total. The minimum Gasteiger partial charge on any atom is -0.478 e. The van der Waals surface area contributed by atoms with Gasteiger partial charge in [0.05, 0.1) is 22.3 Å². The number of rotatable bonds is 4. The lowest BCUT2D eigenvalue weighted by molar-refractivity contribution is 0.0651. The molecule has 2 atom stereocenters. The van der Waals surface area contributed by atoms with Gasteiger partial charge in [0.25, 0.3) is 0 Å². The number of carboxylic acids is 4. The third kappa shape index (κ3) is 2.56. The first-order valence-corrected chi connectivity index (χ1v) is 9.57. The highest BCUT2D eigenvalue weighted by Gasteiger charge is 2.43. The van der Waals surface area contributed by atoms with Crippen molar-refractivity contribution in [3.05, 3.63) is 104 Å². The topological polar surface area (TPSA) is 149 Å². The van der Waals surface area contributed by atoms with Gasteiger partial charge < -0.3 is 20.4 Å². The lowest BCUT2D eigenvalue weighted by Gasteiger charge is -2.42. The predicted molar refractivity (Wildman–Crippen MR) is 109 cm³/mol. The van der Waals surface area contributed by atoms with Crippen LogP contribution < -0.4 is 0 Å². The van der Waals surface area contributed by atoms with E-state index in [0.29, 0.717) is 22.3 Å². The smallest absolute Gasteiger partial charge is 0.336 e. The van der Waals surface area contributed by atoms with Crippen molar-refractivity contribution in [2.24, 2.45) is 0 Å². The van der Waals surface area contributed by atoms with Crippen LogP contribution in [0, 0.1) is 0 Å². The van der Waals surface area contributed by atoms with Crippen molar-refractivity contribution in [2.45, 2.75) is 11.8 Å². The predicted octanol–water partition coefficient (Wildman–Crippen LogP) is 3.47. The van der Waals surface area contributed by atoms with E-state index in [0.717, 1.165) is 11.1 Å². The van der Waals surface area contributed by atoms with Gasteiger partial charge in [0.2, 0.25) is 0 Å². The summed E-state index contributed by atoms with van der Waals surface area (Å²) in [6, 6.07) is 12.0.